The van der Waals surface area contributed by atoms with Crippen molar-refractivity contribution in [2.75, 3.05) is 25.1 Å². The number of aromatic nitrogens is 2. The van der Waals surface area contributed by atoms with Crippen molar-refractivity contribution in [3.63, 3.8) is 0 Å². The predicted molar refractivity (Wildman–Crippen MR) is 95.0 cm³/mol. The number of thiazole rings is 1. The van der Waals surface area contributed by atoms with Crippen molar-refractivity contribution < 1.29 is 9.53 Å². The molecule has 0 spiro atoms. The molecule has 6 nitrogen and oxygen atoms in total. The van der Waals surface area contributed by atoms with E-state index in [-0.39, 0.29) is 11.9 Å². The topological polar surface area (TPSA) is 70.2 Å². The van der Waals surface area contributed by atoms with Gasteiger partial charge in [0.25, 0.3) is 5.91 Å². The van der Waals surface area contributed by atoms with Crippen LogP contribution in [-0.2, 0) is 0 Å². The minimum absolute atomic E-state index is 0.0730. The fourth-order valence-corrected chi connectivity index (χ4v) is 3.72. The van der Waals surface area contributed by atoms with Crippen molar-refractivity contribution in [3.8, 4) is 5.75 Å². The van der Waals surface area contributed by atoms with Crippen LogP contribution in [0.5, 0.6) is 5.75 Å². The monoisotopic (exact) mass is 342 g/mol. The predicted octanol–water partition coefficient (Wildman–Crippen LogP) is 2.64. The smallest absolute Gasteiger partial charge is 0.268 e. The molecule has 1 atom stereocenters. The lowest BCUT2D eigenvalue weighted by atomic mass is 10.2. The van der Waals surface area contributed by atoms with Gasteiger partial charge in [0.2, 0.25) is 0 Å². The van der Waals surface area contributed by atoms with E-state index in [4.69, 9.17) is 4.74 Å². The van der Waals surface area contributed by atoms with Gasteiger partial charge >= 0.3 is 0 Å². The quantitative estimate of drug-likeness (QED) is 0.765. The fraction of sp³-hybridized carbons (Fsp3) is 0.294. The number of methoxy groups -OCH3 is 1. The summed E-state index contributed by atoms with van der Waals surface area (Å²) >= 11 is 1.63. The number of anilines is 1. The maximum Gasteiger partial charge on any atom is 0.268 e. The molecule has 1 aromatic carbocycles. The van der Waals surface area contributed by atoms with Gasteiger partial charge in [-0.3, -0.25) is 4.79 Å². The van der Waals surface area contributed by atoms with E-state index < -0.39 is 0 Å². The molecule has 7 heteroatoms. The summed E-state index contributed by atoms with van der Waals surface area (Å²) in [6.07, 6.45) is 2.74. The molecule has 1 unspecified atom stereocenters. The molecule has 2 N–H and O–H groups in total. The lowest BCUT2D eigenvalue weighted by molar-refractivity contribution is 0.0936. The van der Waals surface area contributed by atoms with Gasteiger partial charge in [-0.05, 0) is 24.6 Å². The first-order valence-corrected chi connectivity index (χ1v) is 8.73. The molecule has 1 fully saturated rings. The van der Waals surface area contributed by atoms with Gasteiger partial charge in [0.05, 0.1) is 7.11 Å². The van der Waals surface area contributed by atoms with Crippen LogP contribution in [0.25, 0.3) is 10.9 Å². The third-order valence-corrected chi connectivity index (χ3v) is 5.12. The number of ether oxygens (including phenoxy) is 1. The van der Waals surface area contributed by atoms with E-state index in [2.05, 4.69) is 20.2 Å². The van der Waals surface area contributed by atoms with Crippen LogP contribution in [0.15, 0.2) is 35.8 Å². The summed E-state index contributed by atoms with van der Waals surface area (Å²) < 4.78 is 5.22. The molecule has 0 saturated carbocycles. The van der Waals surface area contributed by atoms with Crippen molar-refractivity contribution in [1.29, 1.82) is 0 Å². The molecular formula is C17H18N4O2S. The van der Waals surface area contributed by atoms with E-state index in [1.54, 1.807) is 18.4 Å². The lowest BCUT2D eigenvalue weighted by Gasteiger charge is -2.15. The number of fused-ring (bicyclic) bond motifs is 1. The van der Waals surface area contributed by atoms with E-state index >= 15 is 0 Å². The Balaban J connectivity index is 1.45. The first-order valence-electron chi connectivity index (χ1n) is 7.85. The molecule has 124 valence electrons. The summed E-state index contributed by atoms with van der Waals surface area (Å²) in [4.78, 5) is 22.2. The van der Waals surface area contributed by atoms with E-state index in [1.807, 2.05) is 35.8 Å². The highest BCUT2D eigenvalue weighted by Crippen LogP contribution is 2.23. The Hall–Kier alpha value is -2.54. The molecule has 1 amide bonds. The van der Waals surface area contributed by atoms with Gasteiger partial charge in [0.15, 0.2) is 5.13 Å². The van der Waals surface area contributed by atoms with E-state index in [1.165, 1.54) is 0 Å². The van der Waals surface area contributed by atoms with Gasteiger partial charge in [-0.15, -0.1) is 11.3 Å². The molecule has 1 aliphatic rings. The molecule has 0 aliphatic carbocycles. The van der Waals surface area contributed by atoms with E-state index in [0.29, 0.717) is 5.69 Å². The van der Waals surface area contributed by atoms with Gasteiger partial charge in [0.1, 0.15) is 11.4 Å². The van der Waals surface area contributed by atoms with Crippen molar-refractivity contribution in [3.05, 3.63) is 41.5 Å². The van der Waals surface area contributed by atoms with Crippen LogP contribution in [0.4, 0.5) is 5.13 Å². The SMILES string of the molecule is COc1ccc2cc(C(=O)NC3CCN(c4nccs4)C3)[nH]c2c1. The van der Waals surface area contributed by atoms with Crippen molar-refractivity contribution in [1.82, 2.24) is 15.3 Å². The average molecular weight is 342 g/mol. The van der Waals surface area contributed by atoms with Crippen LogP contribution in [0.2, 0.25) is 0 Å². The summed E-state index contributed by atoms with van der Waals surface area (Å²) in [5.74, 6) is 0.697. The zero-order valence-electron chi connectivity index (χ0n) is 13.3. The molecule has 0 bridgehead atoms. The second kappa shape index (κ2) is 6.16. The Bertz CT molecular complexity index is 859. The summed E-state index contributed by atoms with van der Waals surface area (Å²) in [5.41, 5.74) is 1.47. The maximum absolute atomic E-state index is 12.5. The van der Waals surface area contributed by atoms with Crippen molar-refractivity contribution in [2.24, 2.45) is 0 Å². The number of aromatic amines is 1. The highest BCUT2D eigenvalue weighted by Gasteiger charge is 2.26. The number of benzene rings is 1. The number of nitrogens with zero attached hydrogens (tertiary/aromatic N) is 2. The first kappa shape index (κ1) is 15.0. The molecule has 3 heterocycles. The van der Waals surface area contributed by atoms with E-state index in [9.17, 15) is 4.79 Å². The molecular weight excluding hydrogens is 324 g/mol. The second-order valence-corrected chi connectivity index (χ2v) is 6.73. The van der Waals surface area contributed by atoms with Crippen LogP contribution in [0.3, 0.4) is 0 Å². The molecule has 3 aromatic rings. The number of hydrogen-bond donors (Lipinski definition) is 2. The Morgan fingerprint density at radius 1 is 1.46 bits per heavy atom. The van der Waals surface area contributed by atoms with Crippen molar-refractivity contribution in [2.45, 2.75) is 12.5 Å². The lowest BCUT2D eigenvalue weighted by Crippen LogP contribution is -2.37. The molecule has 0 radical (unpaired) electrons. The summed E-state index contributed by atoms with van der Waals surface area (Å²) in [5, 5.41) is 7.10. The largest absolute Gasteiger partial charge is 0.497 e. The van der Waals surface area contributed by atoms with Gasteiger partial charge < -0.3 is 19.9 Å². The number of carbonyl (C=O) groups excluding carboxylic acids is 1. The van der Waals surface area contributed by atoms with Crippen LogP contribution in [0, 0.1) is 0 Å². The highest BCUT2D eigenvalue weighted by molar-refractivity contribution is 7.13. The molecule has 1 aliphatic heterocycles. The minimum atomic E-state index is -0.0730. The number of H-pyrrole nitrogens is 1. The van der Waals surface area contributed by atoms with Gasteiger partial charge in [-0.2, -0.15) is 0 Å². The normalized spacial score (nSPS) is 17.4. The maximum atomic E-state index is 12.5. The summed E-state index contributed by atoms with van der Waals surface area (Å²) in [7, 11) is 1.63. The summed E-state index contributed by atoms with van der Waals surface area (Å²) in [6, 6.07) is 7.74. The average Bonchev–Trinajstić information content (AvgIpc) is 3.33. The fourth-order valence-electron chi connectivity index (χ4n) is 3.04. The molecule has 2 aromatic heterocycles. The summed E-state index contributed by atoms with van der Waals surface area (Å²) in [6.45, 7) is 1.72. The standard InChI is InChI=1S/C17H18N4O2S/c1-23-13-3-2-11-8-15(20-14(11)9-13)16(22)19-12-4-6-21(10-12)17-18-5-7-24-17/h2-3,5,7-9,12,20H,4,6,10H2,1H3,(H,19,22). The van der Waals surface area contributed by atoms with Crippen LogP contribution >= 0.6 is 11.3 Å². The number of carbonyl (C=O) groups is 1. The molecule has 1 saturated heterocycles. The van der Waals surface area contributed by atoms with Crippen LogP contribution < -0.4 is 15.0 Å². The number of rotatable bonds is 4. The van der Waals surface area contributed by atoms with Crippen molar-refractivity contribution >= 4 is 33.3 Å². The van der Waals surface area contributed by atoms with E-state index in [0.717, 1.165) is 41.3 Å². The Morgan fingerprint density at radius 3 is 3.17 bits per heavy atom. The Labute approximate surface area is 143 Å². The third-order valence-electron chi connectivity index (χ3n) is 4.29. The number of hydrogen-bond acceptors (Lipinski definition) is 5. The molecule has 24 heavy (non-hydrogen) atoms. The van der Waals surface area contributed by atoms with Crippen LogP contribution in [-0.4, -0.2) is 42.1 Å². The minimum Gasteiger partial charge on any atom is -0.497 e. The first-order chi connectivity index (χ1) is 11.7. The van der Waals surface area contributed by atoms with Gasteiger partial charge in [-0.1, -0.05) is 0 Å². The highest BCUT2D eigenvalue weighted by atomic mass is 32.1. The number of amides is 1. The number of nitrogens with one attached hydrogen (secondary N) is 2. The second-order valence-electron chi connectivity index (χ2n) is 5.86. The molecule has 4 rings (SSSR count). The Morgan fingerprint density at radius 2 is 2.38 bits per heavy atom. The van der Waals surface area contributed by atoms with Crippen LogP contribution in [0.1, 0.15) is 16.9 Å². The Kier molecular flexibility index (Phi) is 3.86. The zero-order valence-corrected chi connectivity index (χ0v) is 14.1. The third kappa shape index (κ3) is 2.82. The van der Waals surface area contributed by atoms with Gasteiger partial charge in [0, 0.05) is 47.7 Å². The zero-order chi connectivity index (χ0) is 16.5. The van der Waals surface area contributed by atoms with Gasteiger partial charge in [-0.25, -0.2) is 4.98 Å².